The Morgan fingerprint density at radius 2 is 2.11 bits per heavy atom. The lowest BCUT2D eigenvalue weighted by molar-refractivity contribution is -0.167. The summed E-state index contributed by atoms with van der Waals surface area (Å²) in [5.41, 5.74) is 4.05. The van der Waals surface area contributed by atoms with Crippen molar-refractivity contribution >= 4 is 16.9 Å². The van der Waals surface area contributed by atoms with Crippen LogP contribution in [0.4, 0.5) is 0 Å². The van der Waals surface area contributed by atoms with Gasteiger partial charge < -0.3 is 4.42 Å². The van der Waals surface area contributed by atoms with E-state index in [9.17, 15) is 4.79 Å². The summed E-state index contributed by atoms with van der Waals surface area (Å²) in [5.74, 6) is -0.0987. The molecule has 18 heavy (non-hydrogen) atoms. The molecule has 2 rings (SSSR count). The molecule has 0 bridgehead atoms. The fraction of sp³-hybridized carbons (Fsp3) is 0.357. The van der Waals surface area contributed by atoms with Gasteiger partial charge >= 0.3 is 0 Å². The number of aryl methyl sites for hydroxylation is 2. The van der Waals surface area contributed by atoms with Gasteiger partial charge in [0.1, 0.15) is 5.58 Å². The number of carbonyl (C=O) groups is 1. The maximum atomic E-state index is 11.8. The van der Waals surface area contributed by atoms with Crippen LogP contribution in [0.15, 0.2) is 22.8 Å². The van der Waals surface area contributed by atoms with Crippen molar-refractivity contribution in [3.63, 3.8) is 0 Å². The Morgan fingerprint density at radius 1 is 1.39 bits per heavy atom. The lowest BCUT2D eigenvalue weighted by Crippen LogP contribution is -2.26. The highest BCUT2D eigenvalue weighted by Crippen LogP contribution is 2.26. The SMILES string of the molecule is CON(C)C(=O)Cc1coc2c(C)c(C)ccc12. The molecular weight excluding hydrogens is 230 g/mol. The molecule has 0 fully saturated rings. The molecule has 0 saturated carbocycles. The van der Waals surface area contributed by atoms with Gasteiger partial charge in [-0.1, -0.05) is 12.1 Å². The number of likely N-dealkylation sites (N-methyl/N-ethyl adjacent to an activating group) is 1. The summed E-state index contributed by atoms with van der Waals surface area (Å²) < 4.78 is 5.56. The zero-order valence-corrected chi connectivity index (χ0v) is 11.1. The van der Waals surface area contributed by atoms with Crippen LogP contribution in [0.1, 0.15) is 16.7 Å². The quantitative estimate of drug-likeness (QED) is 0.783. The van der Waals surface area contributed by atoms with Crippen molar-refractivity contribution in [2.24, 2.45) is 0 Å². The van der Waals surface area contributed by atoms with Crippen LogP contribution < -0.4 is 0 Å². The first kappa shape index (κ1) is 12.6. The summed E-state index contributed by atoms with van der Waals surface area (Å²) in [6.45, 7) is 4.06. The van der Waals surface area contributed by atoms with Crippen LogP contribution in [0.3, 0.4) is 0 Å². The number of hydroxylamine groups is 2. The van der Waals surface area contributed by atoms with E-state index in [0.29, 0.717) is 0 Å². The van der Waals surface area contributed by atoms with E-state index in [1.165, 1.54) is 17.7 Å². The number of furan rings is 1. The molecule has 1 heterocycles. The number of rotatable bonds is 3. The Kier molecular flexibility index (Phi) is 3.39. The third-order valence-electron chi connectivity index (χ3n) is 3.31. The number of carbonyl (C=O) groups excluding carboxylic acids is 1. The zero-order chi connectivity index (χ0) is 13.3. The fourth-order valence-corrected chi connectivity index (χ4v) is 1.90. The minimum atomic E-state index is -0.0987. The minimum Gasteiger partial charge on any atom is -0.464 e. The molecule has 0 unspecified atom stereocenters. The number of hydrogen-bond donors (Lipinski definition) is 0. The summed E-state index contributed by atoms with van der Waals surface area (Å²) in [4.78, 5) is 16.7. The molecule has 1 amide bonds. The molecule has 96 valence electrons. The first-order valence-electron chi connectivity index (χ1n) is 5.81. The van der Waals surface area contributed by atoms with E-state index in [2.05, 4.69) is 0 Å². The fourth-order valence-electron chi connectivity index (χ4n) is 1.90. The number of nitrogens with zero attached hydrogens (tertiary/aromatic N) is 1. The molecule has 0 aliphatic carbocycles. The normalized spacial score (nSPS) is 10.9. The van der Waals surface area contributed by atoms with Gasteiger partial charge in [0.05, 0.1) is 19.8 Å². The summed E-state index contributed by atoms with van der Waals surface area (Å²) in [7, 11) is 3.07. The van der Waals surface area contributed by atoms with Crippen molar-refractivity contribution in [3.05, 3.63) is 35.1 Å². The average Bonchev–Trinajstić information content (AvgIpc) is 2.76. The molecule has 4 heteroatoms. The van der Waals surface area contributed by atoms with E-state index in [4.69, 9.17) is 9.25 Å². The van der Waals surface area contributed by atoms with E-state index >= 15 is 0 Å². The molecule has 0 aliphatic heterocycles. The van der Waals surface area contributed by atoms with Crippen LogP contribution in [0, 0.1) is 13.8 Å². The Labute approximate surface area is 106 Å². The molecule has 0 N–H and O–H groups in total. The topological polar surface area (TPSA) is 42.7 Å². The molecule has 0 saturated heterocycles. The van der Waals surface area contributed by atoms with Crippen molar-refractivity contribution in [2.75, 3.05) is 14.2 Å². The molecule has 1 aromatic carbocycles. The van der Waals surface area contributed by atoms with Gasteiger partial charge in [-0.05, 0) is 25.0 Å². The number of benzene rings is 1. The van der Waals surface area contributed by atoms with E-state index in [1.807, 2.05) is 26.0 Å². The Hall–Kier alpha value is -1.81. The molecule has 0 radical (unpaired) electrons. The van der Waals surface area contributed by atoms with Crippen molar-refractivity contribution in [1.82, 2.24) is 5.06 Å². The van der Waals surface area contributed by atoms with Crippen LogP contribution >= 0.6 is 0 Å². The Morgan fingerprint density at radius 3 is 2.78 bits per heavy atom. The highest BCUT2D eigenvalue weighted by molar-refractivity contribution is 5.89. The molecule has 0 spiro atoms. The molecule has 4 nitrogen and oxygen atoms in total. The minimum absolute atomic E-state index is 0.0987. The Bertz CT molecular complexity index is 586. The molecule has 0 aliphatic rings. The van der Waals surface area contributed by atoms with Gasteiger partial charge in [0.15, 0.2) is 0 Å². The Balaban J connectivity index is 2.36. The number of hydrogen-bond acceptors (Lipinski definition) is 3. The third kappa shape index (κ3) is 2.11. The van der Waals surface area contributed by atoms with Gasteiger partial charge in [-0.3, -0.25) is 9.63 Å². The van der Waals surface area contributed by atoms with E-state index in [0.717, 1.165) is 22.1 Å². The summed E-state index contributed by atoms with van der Waals surface area (Å²) in [5, 5.41) is 2.22. The maximum Gasteiger partial charge on any atom is 0.250 e. The lowest BCUT2D eigenvalue weighted by Gasteiger charge is -2.12. The largest absolute Gasteiger partial charge is 0.464 e. The molecular formula is C14H17NO3. The maximum absolute atomic E-state index is 11.8. The third-order valence-corrected chi connectivity index (χ3v) is 3.31. The van der Waals surface area contributed by atoms with Gasteiger partial charge in [-0.15, -0.1) is 0 Å². The van der Waals surface area contributed by atoms with Crippen LogP contribution in [0.25, 0.3) is 11.0 Å². The van der Waals surface area contributed by atoms with Gasteiger partial charge in [0.25, 0.3) is 0 Å². The van der Waals surface area contributed by atoms with Crippen molar-refractivity contribution < 1.29 is 14.0 Å². The summed E-state index contributed by atoms with van der Waals surface area (Å²) in [6.07, 6.45) is 1.93. The van der Waals surface area contributed by atoms with Crippen molar-refractivity contribution in [1.29, 1.82) is 0 Å². The average molecular weight is 247 g/mol. The second kappa shape index (κ2) is 4.82. The first-order valence-corrected chi connectivity index (χ1v) is 5.81. The van der Waals surface area contributed by atoms with Crippen molar-refractivity contribution in [3.8, 4) is 0 Å². The van der Waals surface area contributed by atoms with E-state index in [-0.39, 0.29) is 12.3 Å². The number of fused-ring (bicyclic) bond motifs is 1. The summed E-state index contributed by atoms with van der Waals surface area (Å²) in [6, 6.07) is 4.04. The van der Waals surface area contributed by atoms with Crippen LogP contribution in [0.2, 0.25) is 0 Å². The molecule has 0 atom stereocenters. The monoisotopic (exact) mass is 247 g/mol. The zero-order valence-electron chi connectivity index (χ0n) is 11.1. The number of amides is 1. The smallest absolute Gasteiger partial charge is 0.250 e. The standard InChI is InChI=1S/C14H17NO3/c1-9-5-6-12-11(7-13(16)15(3)17-4)8-18-14(12)10(9)2/h5-6,8H,7H2,1-4H3. The highest BCUT2D eigenvalue weighted by Gasteiger charge is 2.15. The van der Waals surface area contributed by atoms with Crippen LogP contribution in [-0.4, -0.2) is 25.1 Å². The van der Waals surface area contributed by atoms with Gasteiger partial charge in [-0.25, -0.2) is 5.06 Å². The highest BCUT2D eigenvalue weighted by atomic mass is 16.7. The lowest BCUT2D eigenvalue weighted by atomic mass is 10.0. The molecule has 1 aromatic heterocycles. The van der Waals surface area contributed by atoms with Gasteiger partial charge in [-0.2, -0.15) is 0 Å². The summed E-state index contributed by atoms with van der Waals surface area (Å²) >= 11 is 0. The first-order chi connectivity index (χ1) is 8.54. The van der Waals surface area contributed by atoms with Crippen LogP contribution in [-0.2, 0) is 16.1 Å². The second-order valence-electron chi connectivity index (χ2n) is 4.40. The van der Waals surface area contributed by atoms with Crippen molar-refractivity contribution in [2.45, 2.75) is 20.3 Å². The molecule has 2 aromatic rings. The van der Waals surface area contributed by atoms with E-state index < -0.39 is 0 Å². The van der Waals surface area contributed by atoms with Crippen LogP contribution in [0.5, 0.6) is 0 Å². The second-order valence-corrected chi connectivity index (χ2v) is 4.40. The van der Waals surface area contributed by atoms with Gasteiger partial charge in [0.2, 0.25) is 5.91 Å². The predicted octanol–water partition coefficient (Wildman–Crippen LogP) is 2.61. The van der Waals surface area contributed by atoms with Gasteiger partial charge in [0, 0.05) is 18.0 Å². The predicted molar refractivity (Wildman–Crippen MR) is 69.2 cm³/mol. The van der Waals surface area contributed by atoms with E-state index in [1.54, 1.807) is 13.3 Å².